The van der Waals surface area contributed by atoms with Gasteiger partial charge in [0, 0.05) is 16.7 Å². The lowest BCUT2D eigenvalue weighted by molar-refractivity contribution is -0.139. The highest BCUT2D eigenvalue weighted by Gasteiger charge is 2.25. The Bertz CT molecular complexity index is 1000. The predicted octanol–water partition coefficient (Wildman–Crippen LogP) is 2.22. The normalized spacial score (nSPS) is 16.4. The summed E-state index contributed by atoms with van der Waals surface area (Å²) < 4.78 is 0. The molecular formula is C19H25N5O4S2. The first kappa shape index (κ1) is 22.2. The molecule has 0 unspecified atom stereocenters. The monoisotopic (exact) mass is 451 g/mol. The number of rotatable bonds is 8. The Hall–Kier alpha value is -2.53. The third kappa shape index (κ3) is 5.14. The van der Waals surface area contributed by atoms with Crippen LogP contribution in [-0.4, -0.2) is 44.8 Å². The number of hydrogen-bond acceptors (Lipinski definition) is 8. The summed E-state index contributed by atoms with van der Waals surface area (Å²) >= 11 is 2.87. The van der Waals surface area contributed by atoms with Gasteiger partial charge in [-0.2, -0.15) is 4.98 Å². The van der Waals surface area contributed by atoms with Crippen LogP contribution in [0.1, 0.15) is 46.3 Å². The number of anilines is 2. The average molecular weight is 452 g/mol. The summed E-state index contributed by atoms with van der Waals surface area (Å²) in [6.45, 7) is 4.50. The van der Waals surface area contributed by atoms with Crippen LogP contribution in [0.4, 0.5) is 11.8 Å². The van der Waals surface area contributed by atoms with Crippen LogP contribution in [0.15, 0.2) is 15.8 Å². The first-order valence-corrected chi connectivity index (χ1v) is 11.4. The van der Waals surface area contributed by atoms with Crippen molar-refractivity contribution in [2.45, 2.75) is 55.7 Å². The number of thioether (sulfide) groups is 1. The number of aryl methyl sites for hydroxylation is 2. The molecule has 2 aromatic rings. The maximum Gasteiger partial charge on any atom is 0.326 e. The van der Waals surface area contributed by atoms with Crippen LogP contribution in [-0.2, 0) is 11.2 Å². The van der Waals surface area contributed by atoms with Crippen molar-refractivity contribution < 1.29 is 14.7 Å². The minimum atomic E-state index is -1.02. The van der Waals surface area contributed by atoms with Crippen molar-refractivity contribution in [3.8, 4) is 0 Å². The minimum Gasteiger partial charge on any atom is -0.480 e. The number of carboxylic acid groups (broad SMARTS) is 1. The van der Waals surface area contributed by atoms with Gasteiger partial charge in [0.25, 0.3) is 11.5 Å². The number of nitrogen functional groups attached to an aromatic ring is 1. The fourth-order valence-corrected chi connectivity index (χ4v) is 5.45. The largest absolute Gasteiger partial charge is 0.480 e. The molecule has 2 atom stereocenters. The fourth-order valence-electron chi connectivity index (χ4n) is 3.24. The van der Waals surface area contributed by atoms with E-state index in [1.807, 2.05) is 13.8 Å². The molecule has 1 amide bonds. The van der Waals surface area contributed by atoms with Crippen LogP contribution in [0.5, 0.6) is 0 Å². The SMILES string of the molecule is CCC[C@H](NC(=O)c1cc(C)c(CC[C@H]2CNc3nc(N)[nH]c(=O)c3S2)s1)C(=O)O. The van der Waals surface area contributed by atoms with Gasteiger partial charge in [-0.3, -0.25) is 14.6 Å². The molecule has 2 aromatic heterocycles. The van der Waals surface area contributed by atoms with E-state index in [0.29, 0.717) is 35.0 Å². The predicted molar refractivity (Wildman–Crippen MR) is 119 cm³/mol. The Morgan fingerprint density at radius 1 is 1.47 bits per heavy atom. The molecule has 1 aliphatic heterocycles. The van der Waals surface area contributed by atoms with E-state index in [9.17, 15) is 19.5 Å². The number of aromatic amines is 1. The van der Waals surface area contributed by atoms with Gasteiger partial charge in [-0.25, -0.2) is 4.79 Å². The van der Waals surface area contributed by atoms with Crippen LogP contribution in [0, 0.1) is 6.92 Å². The first-order valence-electron chi connectivity index (χ1n) is 9.71. The molecule has 0 spiro atoms. The molecule has 0 saturated heterocycles. The quantitative estimate of drug-likeness (QED) is 0.410. The molecule has 162 valence electrons. The molecule has 11 heteroatoms. The Morgan fingerprint density at radius 2 is 2.23 bits per heavy atom. The number of amides is 1. The lowest BCUT2D eigenvalue weighted by atomic mass is 10.1. The maximum atomic E-state index is 12.5. The summed E-state index contributed by atoms with van der Waals surface area (Å²) in [6, 6.07) is 0.929. The summed E-state index contributed by atoms with van der Waals surface area (Å²) in [5.41, 5.74) is 6.34. The Morgan fingerprint density at radius 3 is 2.93 bits per heavy atom. The van der Waals surface area contributed by atoms with Crippen molar-refractivity contribution in [1.29, 1.82) is 0 Å². The summed E-state index contributed by atoms with van der Waals surface area (Å²) in [4.78, 5) is 44.6. The summed E-state index contributed by atoms with van der Waals surface area (Å²) in [5, 5.41) is 15.2. The average Bonchev–Trinajstić information content (AvgIpc) is 3.06. The Labute approximate surface area is 181 Å². The topological polar surface area (TPSA) is 150 Å². The van der Waals surface area contributed by atoms with E-state index in [0.717, 1.165) is 23.3 Å². The number of hydrogen-bond donors (Lipinski definition) is 5. The zero-order valence-electron chi connectivity index (χ0n) is 16.8. The van der Waals surface area contributed by atoms with Gasteiger partial charge in [-0.1, -0.05) is 13.3 Å². The number of H-pyrrole nitrogens is 1. The molecule has 0 bridgehead atoms. The maximum absolute atomic E-state index is 12.5. The lowest BCUT2D eigenvalue weighted by Gasteiger charge is -2.24. The third-order valence-electron chi connectivity index (χ3n) is 4.80. The van der Waals surface area contributed by atoms with E-state index in [2.05, 4.69) is 20.6 Å². The van der Waals surface area contributed by atoms with Crippen molar-refractivity contribution in [2.24, 2.45) is 0 Å². The molecule has 1 aliphatic rings. The number of carbonyl (C=O) groups excluding carboxylic acids is 1. The zero-order valence-corrected chi connectivity index (χ0v) is 18.4. The van der Waals surface area contributed by atoms with Gasteiger partial charge in [-0.05, 0) is 37.8 Å². The Kier molecular flexibility index (Phi) is 7.03. The second kappa shape index (κ2) is 9.52. The number of nitrogens with zero attached hydrogens (tertiary/aromatic N) is 1. The number of fused-ring (bicyclic) bond motifs is 1. The van der Waals surface area contributed by atoms with Crippen LogP contribution in [0.25, 0.3) is 0 Å². The van der Waals surface area contributed by atoms with Crippen LogP contribution < -0.4 is 21.9 Å². The lowest BCUT2D eigenvalue weighted by Crippen LogP contribution is -2.40. The number of aromatic nitrogens is 2. The minimum absolute atomic E-state index is 0.0920. The van der Waals surface area contributed by atoms with E-state index < -0.39 is 12.0 Å². The second-order valence-electron chi connectivity index (χ2n) is 7.16. The van der Waals surface area contributed by atoms with E-state index in [1.54, 1.807) is 6.07 Å². The van der Waals surface area contributed by atoms with E-state index in [1.165, 1.54) is 23.1 Å². The number of aliphatic carboxylic acids is 1. The molecule has 0 aromatic carbocycles. The smallest absolute Gasteiger partial charge is 0.326 e. The van der Waals surface area contributed by atoms with E-state index in [4.69, 9.17) is 5.73 Å². The molecule has 0 radical (unpaired) electrons. The molecule has 6 N–H and O–H groups in total. The Balaban J connectivity index is 1.62. The van der Waals surface area contributed by atoms with Crippen molar-refractivity contribution in [2.75, 3.05) is 17.6 Å². The highest BCUT2D eigenvalue weighted by molar-refractivity contribution is 8.00. The molecule has 0 aliphatic carbocycles. The highest BCUT2D eigenvalue weighted by Crippen LogP contribution is 2.34. The number of carbonyl (C=O) groups is 2. The summed E-state index contributed by atoms with van der Waals surface area (Å²) in [5.74, 6) is -0.765. The van der Waals surface area contributed by atoms with E-state index in [-0.39, 0.29) is 22.7 Å². The van der Waals surface area contributed by atoms with Gasteiger partial charge < -0.3 is 21.5 Å². The number of nitrogens with one attached hydrogen (secondary N) is 3. The van der Waals surface area contributed by atoms with Crippen LogP contribution in [0.2, 0.25) is 0 Å². The molecule has 0 fully saturated rings. The van der Waals surface area contributed by atoms with E-state index >= 15 is 0 Å². The summed E-state index contributed by atoms with van der Waals surface area (Å²) in [6.07, 6.45) is 2.64. The highest BCUT2D eigenvalue weighted by atomic mass is 32.2. The number of thiophene rings is 1. The van der Waals surface area contributed by atoms with Crippen molar-refractivity contribution in [3.05, 3.63) is 31.7 Å². The van der Waals surface area contributed by atoms with Gasteiger partial charge in [0.1, 0.15) is 16.8 Å². The van der Waals surface area contributed by atoms with Crippen LogP contribution in [0.3, 0.4) is 0 Å². The molecule has 3 rings (SSSR count). The van der Waals surface area contributed by atoms with Gasteiger partial charge in [-0.15, -0.1) is 23.1 Å². The van der Waals surface area contributed by atoms with Crippen molar-refractivity contribution in [1.82, 2.24) is 15.3 Å². The first-order chi connectivity index (χ1) is 14.3. The molecular weight excluding hydrogens is 426 g/mol. The molecule has 9 nitrogen and oxygen atoms in total. The molecule has 0 saturated carbocycles. The molecule has 30 heavy (non-hydrogen) atoms. The number of nitrogens with two attached hydrogens (primary N) is 1. The van der Waals surface area contributed by atoms with Gasteiger partial charge in [0.05, 0.1) is 4.88 Å². The van der Waals surface area contributed by atoms with Crippen LogP contribution >= 0.6 is 23.1 Å². The number of carboxylic acids is 1. The van der Waals surface area contributed by atoms with Gasteiger partial charge in [0.2, 0.25) is 5.95 Å². The second-order valence-corrected chi connectivity index (χ2v) is 9.61. The molecule has 3 heterocycles. The van der Waals surface area contributed by atoms with Crippen molar-refractivity contribution in [3.63, 3.8) is 0 Å². The van der Waals surface area contributed by atoms with Gasteiger partial charge in [0.15, 0.2) is 0 Å². The van der Waals surface area contributed by atoms with Crippen molar-refractivity contribution >= 4 is 46.7 Å². The zero-order chi connectivity index (χ0) is 21.8. The third-order valence-corrected chi connectivity index (χ3v) is 7.44. The standard InChI is InChI=1S/C19H25N5O4S2/c1-3-4-11(18(27)28)22-16(25)13-7-9(2)12(30-13)6-5-10-8-21-15-14(29-10)17(26)24-19(20)23-15/h7,10-11H,3-6,8H2,1-2H3,(H,22,25)(H,27,28)(H4,20,21,23,24,26)/t10-,11-/m0/s1. The van der Waals surface area contributed by atoms with Gasteiger partial charge >= 0.3 is 5.97 Å². The summed E-state index contributed by atoms with van der Waals surface area (Å²) in [7, 11) is 0. The fraction of sp³-hybridized carbons (Fsp3) is 0.474.